The Kier molecular flexibility index (Phi) is 5.65. The number of carbonyl (C=O) groups is 1. The van der Waals surface area contributed by atoms with Crippen LogP contribution in [0.25, 0.3) is 0 Å². The number of carbonyl (C=O) groups excluding carboxylic acids is 1. The van der Waals surface area contributed by atoms with Gasteiger partial charge in [0.2, 0.25) is 0 Å². The highest BCUT2D eigenvalue weighted by molar-refractivity contribution is 9.10. The van der Waals surface area contributed by atoms with Gasteiger partial charge in [-0.3, -0.25) is 15.0 Å². The molecule has 7 heteroatoms. The van der Waals surface area contributed by atoms with E-state index >= 15 is 0 Å². The van der Waals surface area contributed by atoms with Crippen LogP contribution in [0.2, 0.25) is 0 Å². The van der Waals surface area contributed by atoms with Gasteiger partial charge in [-0.1, -0.05) is 12.1 Å². The van der Waals surface area contributed by atoms with Gasteiger partial charge in [0.25, 0.3) is 5.91 Å². The molecule has 1 saturated heterocycles. The Labute approximate surface area is 154 Å². The molecule has 0 saturated carbocycles. The number of morpholine rings is 1. The largest absolute Gasteiger partial charge is 0.373 e. The average Bonchev–Trinajstić information content (AvgIpc) is 2.93. The van der Waals surface area contributed by atoms with Crippen LogP contribution in [0.3, 0.4) is 0 Å². The molecular weight excluding hydrogens is 390 g/mol. The number of amides is 1. The van der Waals surface area contributed by atoms with Crippen LogP contribution in [0.5, 0.6) is 0 Å². The highest BCUT2D eigenvalue weighted by Crippen LogP contribution is 2.22. The predicted molar refractivity (Wildman–Crippen MR) is 99.5 cm³/mol. The maximum Gasteiger partial charge on any atom is 0.258 e. The first-order valence-corrected chi connectivity index (χ1v) is 9.56. The summed E-state index contributed by atoms with van der Waals surface area (Å²) in [7, 11) is 0. The summed E-state index contributed by atoms with van der Waals surface area (Å²) in [5.41, 5.74) is 1.58. The van der Waals surface area contributed by atoms with Gasteiger partial charge in [0.15, 0.2) is 5.13 Å². The predicted octanol–water partition coefficient (Wildman–Crippen LogP) is 3.77. The molecule has 128 valence electrons. The number of ether oxygens (including phenoxy) is 1. The van der Waals surface area contributed by atoms with E-state index in [-0.39, 0.29) is 18.1 Å². The van der Waals surface area contributed by atoms with Crippen molar-refractivity contribution in [1.29, 1.82) is 0 Å². The lowest BCUT2D eigenvalue weighted by molar-refractivity contribution is -0.0707. The Balaban J connectivity index is 1.61. The van der Waals surface area contributed by atoms with Crippen molar-refractivity contribution in [2.24, 2.45) is 0 Å². The van der Waals surface area contributed by atoms with Crippen LogP contribution >= 0.6 is 27.3 Å². The quantitative estimate of drug-likeness (QED) is 0.834. The summed E-state index contributed by atoms with van der Waals surface area (Å²) in [5.74, 6) is -0.156. The monoisotopic (exact) mass is 409 g/mol. The number of rotatable bonds is 4. The molecule has 1 aromatic heterocycles. The fraction of sp³-hybridized carbons (Fsp3) is 0.412. The molecule has 0 radical (unpaired) electrons. The molecule has 2 unspecified atom stereocenters. The third-order valence-corrected chi connectivity index (χ3v) is 5.27. The maximum atomic E-state index is 12.3. The first-order chi connectivity index (χ1) is 11.5. The van der Waals surface area contributed by atoms with Crippen LogP contribution in [0.4, 0.5) is 5.13 Å². The highest BCUT2D eigenvalue weighted by atomic mass is 79.9. The van der Waals surface area contributed by atoms with Gasteiger partial charge < -0.3 is 4.74 Å². The Morgan fingerprint density at radius 2 is 2.08 bits per heavy atom. The van der Waals surface area contributed by atoms with Crippen molar-refractivity contribution in [3.8, 4) is 0 Å². The topological polar surface area (TPSA) is 54.5 Å². The summed E-state index contributed by atoms with van der Waals surface area (Å²) in [6.45, 7) is 6.76. The lowest BCUT2D eigenvalue weighted by Gasteiger charge is -2.34. The van der Waals surface area contributed by atoms with Crippen LogP contribution in [0.1, 0.15) is 29.9 Å². The summed E-state index contributed by atoms with van der Waals surface area (Å²) < 4.78 is 6.52. The SMILES string of the molecule is CC1CN(Cc2csc(NC(=O)c3ccccc3Br)n2)CC(C)O1. The third-order valence-electron chi connectivity index (χ3n) is 3.77. The van der Waals surface area contributed by atoms with Gasteiger partial charge in [-0.2, -0.15) is 0 Å². The van der Waals surface area contributed by atoms with Gasteiger partial charge in [0.05, 0.1) is 23.5 Å². The minimum Gasteiger partial charge on any atom is -0.373 e. The molecule has 2 aromatic rings. The van der Waals surface area contributed by atoms with E-state index in [9.17, 15) is 4.79 Å². The van der Waals surface area contributed by atoms with E-state index < -0.39 is 0 Å². The molecular formula is C17H20BrN3O2S. The van der Waals surface area contributed by atoms with Crippen molar-refractivity contribution in [2.45, 2.75) is 32.6 Å². The zero-order valence-electron chi connectivity index (χ0n) is 13.7. The van der Waals surface area contributed by atoms with E-state index in [0.717, 1.165) is 29.8 Å². The third kappa shape index (κ3) is 4.42. The minimum atomic E-state index is -0.156. The van der Waals surface area contributed by atoms with Crippen LogP contribution in [-0.4, -0.2) is 41.1 Å². The van der Waals surface area contributed by atoms with E-state index in [0.29, 0.717) is 10.7 Å². The smallest absolute Gasteiger partial charge is 0.258 e. The molecule has 5 nitrogen and oxygen atoms in total. The Morgan fingerprint density at radius 3 is 2.79 bits per heavy atom. The van der Waals surface area contributed by atoms with Crippen molar-refractivity contribution in [3.63, 3.8) is 0 Å². The zero-order valence-corrected chi connectivity index (χ0v) is 16.1. The summed E-state index contributed by atoms with van der Waals surface area (Å²) >= 11 is 4.85. The molecule has 0 bridgehead atoms. The number of hydrogen-bond acceptors (Lipinski definition) is 5. The number of aromatic nitrogens is 1. The molecule has 2 heterocycles. The minimum absolute atomic E-state index is 0.156. The van der Waals surface area contributed by atoms with Crippen LogP contribution in [0, 0.1) is 0 Å². The molecule has 1 aromatic carbocycles. The fourth-order valence-corrected chi connectivity index (χ4v) is 4.05. The number of nitrogens with zero attached hydrogens (tertiary/aromatic N) is 2. The van der Waals surface area contributed by atoms with Crippen LogP contribution in [0.15, 0.2) is 34.1 Å². The van der Waals surface area contributed by atoms with Crippen LogP contribution in [-0.2, 0) is 11.3 Å². The van der Waals surface area contributed by atoms with E-state index in [1.807, 2.05) is 23.6 Å². The molecule has 0 spiro atoms. The van der Waals surface area contributed by atoms with Gasteiger partial charge in [0, 0.05) is 29.5 Å². The average molecular weight is 410 g/mol. The fourth-order valence-electron chi connectivity index (χ4n) is 2.89. The number of nitrogens with one attached hydrogen (secondary N) is 1. The van der Waals surface area contributed by atoms with Crippen molar-refractivity contribution >= 4 is 38.3 Å². The first kappa shape index (κ1) is 17.5. The van der Waals surface area contributed by atoms with E-state index in [1.165, 1.54) is 11.3 Å². The lowest BCUT2D eigenvalue weighted by atomic mass is 10.2. The molecule has 1 aliphatic heterocycles. The zero-order chi connectivity index (χ0) is 17.1. The number of anilines is 1. The Morgan fingerprint density at radius 1 is 1.38 bits per heavy atom. The number of benzene rings is 1. The van der Waals surface area contributed by atoms with Crippen molar-refractivity contribution in [2.75, 3.05) is 18.4 Å². The second kappa shape index (κ2) is 7.74. The van der Waals surface area contributed by atoms with E-state index in [1.54, 1.807) is 6.07 Å². The van der Waals surface area contributed by atoms with Crippen molar-refractivity contribution < 1.29 is 9.53 Å². The number of halogens is 1. The van der Waals surface area contributed by atoms with Gasteiger partial charge in [0.1, 0.15) is 0 Å². The summed E-state index contributed by atoms with van der Waals surface area (Å²) in [6.07, 6.45) is 0.476. The summed E-state index contributed by atoms with van der Waals surface area (Å²) in [4.78, 5) is 19.2. The van der Waals surface area contributed by atoms with Crippen molar-refractivity contribution in [1.82, 2.24) is 9.88 Å². The number of hydrogen-bond donors (Lipinski definition) is 1. The highest BCUT2D eigenvalue weighted by Gasteiger charge is 2.23. The van der Waals surface area contributed by atoms with E-state index in [2.05, 4.69) is 45.0 Å². The van der Waals surface area contributed by atoms with E-state index in [4.69, 9.17) is 4.74 Å². The second-order valence-electron chi connectivity index (χ2n) is 6.03. The summed E-state index contributed by atoms with van der Waals surface area (Å²) in [5, 5.41) is 5.50. The molecule has 24 heavy (non-hydrogen) atoms. The Hall–Kier alpha value is -1.28. The van der Waals surface area contributed by atoms with Gasteiger partial charge in [-0.25, -0.2) is 4.98 Å². The molecule has 2 atom stereocenters. The molecule has 1 N–H and O–H groups in total. The van der Waals surface area contributed by atoms with Gasteiger partial charge in [-0.15, -0.1) is 11.3 Å². The molecule has 3 rings (SSSR count). The second-order valence-corrected chi connectivity index (χ2v) is 7.74. The standard InChI is InChI=1S/C17H20BrN3O2S/c1-11-7-21(8-12(2)23-11)9-13-10-24-17(19-13)20-16(22)14-5-3-4-6-15(14)18/h3-6,10-12H,7-9H2,1-2H3,(H,19,20,22). The normalized spacial score (nSPS) is 21.6. The van der Waals surface area contributed by atoms with Gasteiger partial charge in [-0.05, 0) is 41.9 Å². The first-order valence-electron chi connectivity index (χ1n) is 7.89. The number of thiazole rings is 1. The molecule has 1 fully saturated rings. The Bertz CT molecular complexity index is 711. The maximum absolute atomic E-state index is 12.3. The molecule has 1 amide bonds. The van der Waals surface area contributed by atoms with Crippen molar-refractivity contribution in [3.05, 3.63) is 45.4 Å². The lowest BCUT2D eigenvalue weighted by Crippen LogP contribution is -2.44. The van der Waals surface area contributed by atoms with Crippen LogP contribution < -0.4 is 5.32 Å². The molecule has 1 aliphatic rings. The molecule has 0 aliphatic carbocycles. The summed E-state index contributed by atoms with van der Waals surface area (Å²) in [6, 6.07) is 7.35. The van der Waals surface area contributed by atoms with Gasteiger partial charge >= 0.3 is 0 Å².